The van der Waals surface area contributed by atoms with Gasteiger partial charge in [-0.1, -0.05) is 40.9 Å². The molecular weight excluding hydrogens is 328 g/mol. The molecule has 1 aromatic carbocycles. The number of nitrogens with one attached hydrogen (secondary N) is 1. The van der Waals surface area contributed by atoms with Gasteiger partial charge in [-0.2, -0.15) is 0 Å². The van der Waals surface area contributed by atoms with Crippen molar-refractivity contribution in [2.45, 2.75) is 31.1 Å². The Morgan fingerprint density at radius 3 is 2.37 bits per heavy atom. The van der Waals surface area contributed by atoms with Crippen LogP contribution in [0.15, 0.2) is 28.7 Å². The molecule has 1 saturated carbocycles. The summed E-state index contributed by atoms with van der Waals surface area (Å²) in [7, 11) is 0. The fraction of sp³-hybridized carbons (Fsp3) is 0.500. The molecule has 0 aromatic heterocycles. The van der Waals surface area contributed by atoms with E-state index in [4.69, 9.17) is 5.73 Å². The van der Waals surface area contributed by atoms with E-state index in [0.29, 0.717) is 6.54 Å². The van der Waals surface area contributed by atoms with Crippen LogP contribution >= 0.6 is 28.3 Å². The number of benzene rings is 1. The average molecular weight is 348 g/mol. The van der Waals surface area contributed by atoms with Gasteiger partial charge in [0.1, 0.15) is 0 Å². The molecule has 1 amide bonds. The van der Waals surface area contributed by atoms with E-state index in [-0.39, 0.29) is 30.3 Å². The van der Waals surface area contributed by atoms with Crippen molar-refractivity contribution < 1.29 is 4.79 Å². The van der Waals surface area contributed by atoms with Gasteiger partial charge in [-0.05, 0) is 30.5 Å². The minimum atomic E-state index is -0.0709. The van der Waals surface area contributed by atoms with Crippen molar-refractivity contribution in [3.05, 3.63) is 34.3 Å². The van der Waals surface area contributed by atoms with Crippen LogP contribution in [0.2, 0.25) is 0 Å². The van der Waals surface area contributed by atoms with Crippen molar-refractivity contribution >= 4 is 34.2 Å². The van der Waals surface area contributed by atoms with Crippen molar-refractivity contribution in [3.8, 4) is 0 Å². The van der Waals surface area contributed by atoms with Gasteiger partial charge in [-0.25, -0.2) is 0 Å². The first-order chi connectivity index (χ1) is 8.66. The van der Waals surface area contributed by atoms with E-state index in [1.54, 1.807) is 0 Å². The summed E-state index contributed by atoms with van der Waals surface area (Å²) in [6, 6.07) is 8.45. The van der Waals surface area contributed by atoms with E-state index >= 15 is 0 Å². The molecule has 0 heterocycles. The van der Waals surface area contributed by atoms with Crippen molar-refractivity contribution in [2.75, 3.05) is 13.1 Å². The van der Waals surface area contributed by atoms with Crippen LogP contribution in [0.25, 0.3) is 0 Å². The maximum atomic E-state index is 11.4. The highest BCUT2D eigenvalue weighted by Gasteiger charge is 2.35. The van der Waals surface area contributed by atoms with Crippen molar-refractivity contribution in [2.24, 2.45) is 5.73 Å². The molecule has 0 unspecified atom stereocenters. The van der Waals surface area contributed by atoms with Crippen LogP contribution in [0.3, 0.4) is 0 Å². The fourth-order valence-electron chi connectivity index (χ4n) is 2.76. The topological polar surface area (TPSA) is 55.1 Å². The normalized spacial score (nSPS) is 16.7. The molecule has 0 atom stereocenters. The van der Waals surface area contributed by atoms with Gasteiger partial charge in [0.15, 0.2) is 0 Å². The van der Waals surface area contributed by atoms with Gasteiger partial charge in [0.25, 0.3) is 0 Å². The van der Waals surface area contributed by atoms with Crippen LogP contribution in [0, 0.1) is 0 Å². The second kappa shape index (κ2) is 7.27. The molecule has 5 heteroatoms. The number of rotatable bonds is 4. The molecule has 0 bridgehead atoms. The van der Waals surface area contributed by atoms with E-state index in [9.17, 15) is 4.79 Å². The second-order valence-electron chi connectivity index (χ2n) is 4.98. The Bertz CT molecular complexity index is 416. The highest BCUT2D eigenvalue weighted by molar-refractivity contribution is 9.10. The first-order valence-electron chi connectivity index (χ1n) is 6.39. The smallest absolute Gasteiger partial charge is 0.233 e. The number of carbonyl (C=O) groups excluding carboxylic acids is 1. The predicted molar refractivity (Wildman–Crippen MR) is 83.6 cm³/mol. The molecule has 0 saturated heterocycles. The summed E-state index contributed by atoms with van der Waals surface area (Å²) in [5, 5.41) is 2.95. The summed E-state index contributed by atoms with van der Waals surface area (Å²) in [6.07, 6.45) is 4.74. The molecule has 0 radical (unpaired) electrons. The molecule has 0 spiro atoms. The van der Waals surface area contributed by atoms with Crippen LogP contribution in [-0.2, 0) is 10.2 Å². The molecule has 1 aliphatic carbocycles. The quantitative estimate of drug-likeness (QED) is 0.880. The highest BCUT2D eigenvalue weighted by Crippen LogP contribution is 2.40. The summed E-state index contributed by atoms with van der Waals surface area (Å²) in [4.78, 5) is 11.4. The lowest BCUT2D eigenvalue weighted by Gasteiger charge is -2.30. The fourth-order valence-corrected chi connectivity index (χ4v) is 3.03. The Morgan fingerprint density at radius 2 is 1.84 bits per heavy atom. The van der Waals surface area contributed by atoms with Crippen molar-refractivity contribution in [1.82, 2.24) is 5.32 Å². The summed E-state index contributed by atoms with van der Waals surface area (Å²) >= 11 is 3.46. The van der Waals surface area contributed by atoms with E-state index in [0.717, 1.165) is 17.3 Å². The standard InChI is InChI=1S/C14H19BrN2O.ClH/c15-12-5-3-11(4-6-12)14(7-1-2-8-14)10-17-13(18)9-16;/h3-6H,1-2,7-10,16H2,(H,17,18);1H. The zero-order valence-electron chi connectivity index (χ0n) is 10.8. The first kappa shape index (κ1) is 16.5. The second-order valence-corrected chi connectivity index (χ2v) is 5.89. The molecule has 106 valence electrons. The lowest BCUT2D eigenvalue weighted by Crippen LogP contribution is -2.41. The number of carbonyl (C=O) groups is 1. The molecule has 1 aromatic rings. The van der Waals surface area contributed by atoms with Crippen LogP contribution < -0.4 is 11.1 Å². The van der Waals surface area contributed by atoms with Gasteiger partial charge in [0.05, 0.1) is 6.54 Å². The summed E-state index contributed by atoms with van der Waals surface area (Å²) < 4.78 is 1.09. The van der Waals surface area contributed by atoms with E-state index < -0.39 is 0 Å². The molecule has 3 N–H and O–H groups in total. The maximum Gasteiger partial charge on any atom is 0.233 e. The molecule has 2 rings (SSSR count). The summed E-state index contributed by atoms with van der Waals surface area (Å²) in [6.45, 7) is 0.765. The lowest BCUT2D eigenvalue weighted by atomic mass is 9.79. The van der Waals surface area contributed by atoms with Crippen molar-refractivity contribution in [3.63, 3.8) is 0 Å². The molecule has 1 fully saturated rings. The average Bonchev–Trinajstić information content (AvgIpc) is 2.87. The Hall–Kier alpha value is -0.580. The first-order valence-corrected chi connectivity index (χ1v) is 7.18. The number of halogens is 2. The number of hydrogen-bond donors (Lipinski definition) is 2. The van der Waals surface area contributed by atoms with Gasteiger partial charge >= 0.3 is 0 Å². The zero-order valence-corrected chi connectivity index (χ0v) is 13.2. The third-order valence-corrected chi connectivity index (χ3v) is 4.36. The Kier molecular flexibility index (Phi) is 6.30. The summed E-state index contributed by atoms with van der Waals surface area (Å²) in [5.74, 6) is -0.0709. The molecule has 3 nitrogen and oxygen atoms in total. The lowest BCUT2D eigenvalue weighted by molar-refractivity contribution is -0.120. The zero-order chi connectivity index (χ0) is 13.0. The Labute approximate surface area is 128 Å². The SMILES string of the molecule is Cl.NCC(=O)NCC1(c2ccc(Br)cc2)CCCC1. The summed E-state index contributed by atoms with van der Waals surface area (Å²) in [5.41, 5.74) is 6.76. The molecular formula is C14H20BrClN2O. The molecule has 19 heavy (non-hydrogen) atoms. The monoisotopic (exact) mass is 346 g/mol. The van der Waals surface area contributed by atoms with Gasteiger partial charge in [0.2, 0.25) is 5.91 Å². The van der Waals surface area contributed by atoms with E-state index in [2.05, 4.69) is 45.5 Å². The van der Waals surface area contributed by atoms with Crippen LogP contribution in [0.5, 0.6) is 0 Å². The van der Waals surface area contributed by atoms with E-state index in [1.807, 2.05) is 0 Å². The minimum Gasteiger partial charge on any atom is -0.354 e. The highest BCUT2D eigenvalue weighted by atomic mass is 79.9. The Balaban J connectivity index is 0.00000180. The minimum absolute atomic E-state index is 0. The van der Waals surface area contributed by atoms with Crippen LogP contribution in [0.4, 0.5) is 0 Å². The molecule has 0 aliphatic heterocycles. The van der Waals surface area contributed by atoms with Crippen LogP contribution in [0.1, 0.15) is 31.2 Å². The van der Waals surface area contributed by atoms with Crippen LogP contribution in [-0.4, -0.2) is 19.0 Å². The predicted octanol–water partition coefficient (Wildman–Crippen LogP) is 2.76. The van der Waals surface area contributed by atoms with Gasteiger partial charge in [0, 0.05) is 16.4 Å². The van der Waals surface area contributed by atoms with Gasteiger partial charge < -0.3 is 11.1 Å². The number of hydrogen-bond acceptors (Lipinski definition) is 2. The maximum absolute atomic E-state index is 11.4. The number of nitrogens with two attached hydrogens (primary N) is 1. The number of amides is 1. The van der Waals surface area contributed by atoms with Crippen molar-refractivity contribution in [1.29, 1.82) is 0 Å². The van der Waals surface area contributed by atoms with E-state index in [1.165, 1.54) is 18.4 Å². The van der Waals surface area contributed by atoms with Gasteiger partial charge in [-0.15, -0.1) is 12.4 Å². The van der Waals surface area contributed by atoms with Gasteiger partial charge in [-0.3, -0.25) is 4.79 Å². The third kappa shape index (κ3) is 3.94. The molecule has 1 aliphatic rings. The Morgan fingerprint density at radius 1 is 1.26 bits per heavy atom. The third-order valence-electron chi connectivity index (χ3n) is 3.83. The largest absolute Gasteiger partial charge is 0.354 e.